The second-order valence-corrected chi connectivity index (χ2v) is 12.5. The number of ether oxygens (including phenoxy) is 1. The van der Waals surface area contributed by atoms with Crippen molar-refractivity contribution in [3.8, 4) is 5.75 Å². The Morgan fingerprint density at radius 3 is 2.20 bits per heavy atom. The van der Waals surface area contributed by atoms with Crippen LogP contribution in [0.3, 0.4) is 0 Å². The van der Waals surface area contributed by atoms with Crippen molar-refractivity contribution in [1.29, 1.82) is 0 Å². The fraction of sp³-hybridized carbons (Fsp3) is 0.667. The lowest BCUT2D eigenvalue weighted by Crippen LogP contribution is -2.58. The van der Waals surface area contributed by atoms with E-state index in [2.05, 4.69) is 5.32 Å². The molecule has 1 aromatic carbocycles. The molecule has 0 bridgehead atoms. The molecular weight excluding hydrogens is 512 g/mol. The smallest absolute Gasteiger partial charge is 0.253 e. The molecule has 2 atom stereocenters. The van der Waals surface area contributed by atoms with E-state index in [4.69, 9.17) is 4.74 Å². The molecule has 1 heterocycles. The van der Waals surface area contributed by atoms with Crippen molar-refractivity contribution < 1.29 is 29.1 Å². The monoisotopic (exact) mass is 558 g/mol. The van der Waals surface area contributed by atoms with Crippen LogP contribution in [-0.2, 0) is 14.4 Å². The number of benzene rings is 1. The van der Waals surface area contributed by atoms with Crippen molar-refractivity contribution in [2.45, 2.75) is 77.9 Å². The number of carbonyl (C=O) groups is 4. The SMILES string of the molecule is CN(C)C(=O)c1ccc(OC2CCN(C(=O)[C@H](NC(=O)C(CC3CCCC3)CN(O)C=O)C(C)(C)C)CC2)cc1. The Hall–Kier alpha value is -3.14. The van der Waals surface area contributed by atoms with E-state index >= 15 is 0 Å². The number of nitrogens with one attached hydrogen (secondary N) is 1. The second kappa shape index (κ2) is 14.0. The van der Waals surface area contributed by atoms with Gasteiger partial charge < -0.3 is 19.9 Å². The zero-order chi connectivity index (χ0) is 29.4. The van der Waals surface area contributed by atoms with Crippen molar-refractivity contribution in [3.63, 3.8) is 0 Å². The molecule has 2 aliphatic rings. The van der Waals surface area contributed by atoms with E-state index in [0.717, 1.165) is 25.7 Å². The van der Waals surface area contributed by atoms with Crippen molar-refractivity contribution in [2.24, 2.45) is 17.3 Å². The number of likely N-dealkylation sites (tertiary alicyclic amines) is 1. The van der Waals surface area contributed by atoms with Crippen LogP contribution in [0.25, 0.3) is 0 Å². The Bertz CT molecular complexity index is 1010. The molecule has 1 saturated carbocycles. The molecule has 0 radical (unpaired) electrons. The summed E-state index contributed by atoms with van der Waals surface area (Å²) in [4.78, 5) is 53.6. The Morgan fingerprint density at radius 1 is 1.07 bits per heavy atom. The van der Waals surface area contributed by atoms with Gasteiger partial charge in [-0.2, -0.15) is 0 Å². The van der Waals surface area contributed by atoms with Gasteiger partial charge in [0.25, 0.3) is 5.91 Å². The van der Waals surface area contributed by atoms with Crippen LogP contribution in [0.1, 0.15) is 76.1 Å². The van der Waals surface area contributed by atoms with Crippen molar-refractivity contribution in [1.82, 2.24) is 20.2 Å². The quantitative estimate of drug-likeness (QED) is 0.244. The maximum atomic E-state index is 13.7. The number of piperidine rings is 1. The highest BCUT2D eigenvalue weighted by Crippen LogP contribution is 2.31. The second-order valence-electron chi connectivity index (χ2n) is 12.5. The molecular formula is C30H46N4O6. The fourth-order valence-electron chi connectivity index (χ4n) is 5.59. The van der Waals surface area contributed by atoms with Crippen molar-refractivity contribution in [2.75, 3.05) is 33.7 Å². The van der Waals surface area contributed by atoms with Crippen LogP contribution in [-0.4, -0.2) is 90.1 Å². The van der Waals surface area contributed by atoms with Gasteiger partial charge in [0.2, 0.25) is 18.2 Å². The van der Waals surface area contributed by atoms with Crippen molar-refractivity contribution >= 4 is 24.1 Å². The highest BCUT2D eigenvalue weighted by molar-refractivity contribution is 5.94. The third-order valence-electron chi connectivity index (χ3n) is 7.96. The largest absolute Gasteiger partial charge is 0.490 e. The van der Waals surface area contributed by atoms with Crippen LogP contribution in [0.15, 0.2) is 24.3 Å². The minimum absolute atomic E-state index is 0.0585. The summed E-state index contributed by atoms with van der Waals surface area (Å²) in [7, 11) is 3.42. The summed E-state index contributed by atoms with van der Waals surface area (Å²) >= 11 is 0. The van der Waals surface area contributed by atoms with E-state index in [1.807, 2.05) is 20.8 Å². The van der Waals surface area contributed by atoms with Gasteiger partial charge in [0.1, 0.15) is 17.9 Å². The molecule has 3 rings (SSSR count). The van der Waals surface area contributed by atoms with Gasteiger partial charge in [-0.1, -0.05) is 46.5 Å². The molecule has 1 unspecified atom stereocenters. The standard InChI is InChI=1S/C30H46N4O6/c1-30(2,3)26(31-27(36)23(19-34(39)20-35)18-21-8-6-7-9-21)29(38)33-16-14-25(15-17-33)40-24-12-10-22(11-13-24)28(37)32(4)5/h10-13,20-21,23,25-26,39H,6-9,14-19H2,1-5H3,(H,31,36)/t23?,26-/m0/s1. The summed E-state index contributed by atoms with van der Waals surface area (Å²) in [5, 5.41) is 13.3. The minimum atomic E-state index is -0.742. The number of hydrogen-bond acceptors (Lipinski definition) is 6. The molecule has 0 spiro atoms. The molecule has 1 saturated heterocycles. The third-order valence-corrected chi connectivity index (χ3v) is 7.96. The predicted molar refractivity (Wildman–Crippen MR) is 151 cm³/mol. The Balaban J connectivity index is 1.59. The highest BCUT2D eigenvalue weighted by Gasteiger charge is 2.39. The molecule has 10 nitrogen and oxygen atoms in total. The lowest BCUT2D eigenvalue weighted by Gasteiger charge is -2.39. The summed E-state index contributed by atoms with van der Waals surface area (Å²) < 4.78 is 6.12. The number of amides is 4. The van der Waals surface area contributed by atoms with Gasteiger partial charge in [0.05, 0.1) is 12.5 Å². The number of rotatable bonds is 11. The van der Waals surface area contributed by atoms with Gasteiger partial charge >= 0.3 is 0 Å². The molecule has 1 aromatic rings. The van der Waals surface area contributed by atoms with Crippen LogP contribution in [0, 0.1) is 17.3 Å². The Kier molecular flexibility index (Phi) is 11.0. The van der Waals surface area contributed by atoms with Crippen LogP contribution in [0.5, 0.6) is 5.75 Å². The fourth-order valence-corrected chi connectivity index (χ4v) is 5.59. The zero-order valence-electron chi connectivity index (χ0n) is 24.6. The first-order valence-electron chi connectivity index (χ1n) is 14.4. The number of nitrogens with zero attached hydrogens (tertiary/aromatic N) is 3. The average Bonchev–Trinajstić information content (AvgIpc) is 3.43. The highest BCUT2D eigenvalue weighted by atomic mass is 16.5. The molecule has 10 heteroatoms. The summed E-state index contributed by atoms with van der Waals surface area (Å²) in [5.41, 5.74) is 0.0594. The van der Waals surface area contributed by atoms with E-state index in [0.29, 0.717) is 61.1 Å². The van der Waals surface area contributed by atoms with E-state index in [1.54, 1.807) is 43.3 Å². The number of hydroxylamine groups is 2. The summed E-state index contributed by atoms with van der Waals surface area (Å²) in [6.45, 7) is 6.68. The summed E-state index contributed by atoms with van der Waals surface area (Å²) in [5.74, 6) is -0.0439. The lowest BCUT2D eigenvalue weighted by molar-refractivity contribution is -0.156. The summed E-state index contributed by atoms with van der Waals surface area (Å²) in [6, 6.07) is 6.34. The number of hydrogen-bond donors (Lipinski definition) is 2. The topological polar surface area (TPSA) is 119 Å². The van der Waals surface area contributed by atoms with Crippen molar-refractivity contribution in [3.05, 3.63) is 29.8 Å². The Morgan fingerprint density at radius 2 is 1.68 bits per heavy atom. The molecule has 2 fully saturated rings. The molecule has 1 aliphatic heterocycles. The third kappa shape index (κ3) is 8.68. The molecule has 4 amide bonds. The maximum absolute atomic E-state index is 13.7. The summed E-state index contributed by atoms with van der Waals surface area (Å²) in [6.07, 6.45) is 6.45. The molecule has 0 aromatic heterocycles. The predicted octanol–water partition coefficient (Wildman–Crippen LogP) is 3.33. The first-order chi connectivity index (χ1) is 18.9. The molecule has 222 valence electrons. The van der Waals surface area contributed by atoms with E-state index < -0.39 is 17.4 Å². The van der Waals surface area contributed by atoms with Gasteiger partial charge in [-0.05, 0) is 42.0 Å². The lowest BCUT2D eigenvalue weighted by atomic mass is 9.84. The van der Waals surface area contributed by atoms with Gasteiger partial charge in [0, 0.05) is 45.6 Å². The van der Waals surface area contributed by atoms with E-state index in [-0.39, 0.29) is 30.4 Å². The molecule has 1 aliphatic carbocycles. The maximum Gasteiger partial charge on any atom is 0.253 e. The van der Waals surface area contributed by atoms with Crippen LogP contribution < -0.4 is 10.1 Å². The van der Waals surface area contributed by atoms with Gasteiger partial charge in [-0.3, -0.25) is 24.4 Å². The number of carbonyl (C=O) groups excluding carboxylic acids is 4. The average molecular weight is 559 g/mol. The van der Waals surface area contributed by atoms with E-state index in [1.165, 1.54) is 4.90 Å². The Labute approximate surface area is 238 Å². The van der Waals surface area contributed by atoms with Crippen LogP contribution in [0.4, 0.5) is 0 Å². The van der Waals surface area contributed by atoms with E-state index in [9.17, 15) is 24.4 Å². The minimum Gasteiger partial charge on any atom is -0.490 e. The normalized spacial score (nSPS) is 18.1. The first kappa shape index (κ1) is 31.4. The van der Waals surface area contributed by atoms with Gasteiger partial charge in [-0.25, -0.2) is 5.06 Å². The van der Waals surface area contributed by atoms with Gasteiger partial charge in [0.15, 0.2) is 0 Å². The zero-order valence-corrected chi connectivity index (χ0v) is 24.6. The molecule has 40 heavy (non-hydrogen) atoms. The van der Waals surface area contributed by atoms with Crippen LogP contribution >= 0.6 is 0 Å². The first-order valence-corrected chi connectivity index (χ1v) is 14.4. The van der Waals surface area contributed by atoms with Gasteiger partial charge in [-0.15, -0.1) is 0 Å². The van der Waals surface area contributed by atoms with Crippen LogP contribution in [0.2, 0.25) is 0 Å². The molecule has 2 N–H and O–H groups in total.